The second kappa shape index (κ2) is 49.4. The van der Waals surface area contributed by atoms with Crippen LogP contribution in [0.1, 0.15) is 291 Å². The fraction of sp³-hybridized carbons (Fsp3) is 0.600. The molecule has 7 nitrogen and oxygen atoms in total. The fourth-order valence-corrected chi connectivity index (χ4v) is 11.1. The third kappa shape index (κ3) is 53.8. The van der Waals surface area contributed by atoms with Crippen molar-refractivity contribution in [2.75, 3.05) is 6.61 Å². The molecule has 0 spiro atoms. The standard InChI is InChI=1S/C75H124O7P2/c1-61(2)31-17-32-62(3)33-18-34-63(4)35-19-36-64(5)37-20-38-65(6)39-21-40-66(7)41-22-42-67(8)43-23-44-68(9)45-24-46-69(10)47-25-48-70(11)49-26-50-71(12)51-27-52-72(13)53-28-54-73(14)55-29-56-74(15)57-30-58-75(16)59-60-81-84(79,80)82-83(76,77)78/h31,33,35,37,39,41,43,45,47,49,51,53,55,57,59H,17-30,32,34,36,38,40,42,44,46,48,50,52,54,56,58,60H2,1-16H3,(H,79,80)(H2,76,77,78). The highest BCUT2D eigenvalue weighted by Crippen LogP contribution is 2.57. The van der Waals surface area contributed by atoms with Crippen LogP contribution >= 0.6 is 15.6 Å². The van der Waals surface area contributed by atoms with Gasteiger partial charge in [-0.15, -0.1) is 0 Å². The molecule has 0 aromatic rings. The maximum Gasteiger partial charge on any atom is 0.481 e. The van der Waals surface area contributed by atoms with Crippen LogP contribution in [0.3, 0.4) is 0 Å². The Hall–Kier alpha value is -3.64. The van der Waals surface area contributed by atoms with Crippen molar-refractivity contribution in [3.8, 4) is 0 Å². The molecule has 0 aromatic carbocycles. The van der Waals surface area contributed by atoms with Gasteiger partial charge in [0.2, 0.25) is 0 Å². The molecule has 0 fully saturated rings. The van der Waals surface area contributed by atoms with Crippen LogP contribution in [0, 0.1) is 0 Å². The minimum atomic E-state index is -5.12. The Labute approximate surface area is 517 Å². The van der Waals surface area contributed by atoms with Crippen LogP contribution in [-0.4, -0.2) is 21.3 Å². The number of allylic oxidation sites excluding steroid dienone is 29. The van der Waals surface area contributed by atoms with Gasteiger partial charge in [-0.3, -0.25) is 4.52 Å². The maximum absolute atomic E-state index is 11.6. The number of phosphoric acid groups is 2. The van der Waals surface area contributed by atoms with Crippen LogP contribution in [0.15, 0.2) is 175 Å². The van der Waals surface area contributed by atoms with Gasteiger partial charge in [0.25, 0.3) is 0 Å². The van der Waals surface area contributed by atoms with Crippen LogP contribution in [0.5, 0.6) is 0 Å². The van der Waals surface area contributed by atoms with Gasteiger partial charge in [0.05, 0.1) is 6.61 Å². The zero-order valence-electron chi connectivity index (χ0n) is 56.5. The molecule has 0 rings (SSSR count). The SMILES string of the molecule is CC(C)=CCCC(C)=CCCC(C)=CCCC(C)=CCCC(C)=CCCC(C)=CCCC(C)=CCCC(C)=CCCC(C)=CCCC(C)=CCCC(C)=CCCC(C)=CCCC(C)=CCCC(C)=CCCC(C)=CCOP(=O)(O)OP(=O)(O)O. The number of hydrogen-bond donors (Lipinski definition) is 3. The number of hydrogen-bond acceptors (Lipinski definition) is 4. The molecule has 0 aliphatic carbocycles. The molecular formula is C75H124O7P2. The van der Waals surface area contributed by atoms with Gasteiger partial charge in [0.1, 0.15) is 0 Å². The summed E-state index contributed by atoms with van der Waals surface area (Å²) in [5, 5.41) is 0. The first-order chi connectivity index (χ1) is 39.6. The van der Waals surface area contributed by atoms with E-state index < -0.39 is 15.6 Å². The summed E-state index contributed by atoms with van der Waals surface area (Å²) in [7, 11) is -9.93. The molecule has 0 aliphatic rings. The molecule has 0 saturated carbocycles. The van der Waals surface area contributed by atoms with Gasteiger partial charge in [-0.2, -0.15) is 4.31 Å². The summed E-state index contributed by atoms with van der Waals surface area (Å²) in [6.07, 6.45) is 66.3. The van der Waals surface area contributed by atoms with E-state index in [2.05, 4.69) is 198 Å². The first-order valence-electron chi connectivity index (χ1n) is 32.2. The van der Waals surface area contributed by atoms with E-state index in [1.807, 2.05) is 6.92 Å². The van der Waals surface area contributed by atoms with Gasteiger partial charge in [-0.25, -0.2) is 9.13 Å². The van der Waals surface area contributed by atoms with Gasteiger partial charge in [0, 0.05) is 0 Å². The van der Waals surface area contributed by atoms with Gasteiger partial charge >= 0.3 is 15.6 Å². The summed E-state index contributed by atoms with van der Waals surface area (Å²) < 4.78 is 30.7. The molecule has 0 amide bonds. The smallest absolute Gasteiger partial charge is 0.302 e. The summed E-state index contributed by atoms with van der Waals surface area (Å²) in [4.78, 5) is 26.8. The average Bonchev–Trinajstić information content (AvgIpc) is 3.40. The topological polar surface area (TPSA) is 113 Å². The molecule has 0 saturated heterocycles. The monoisotopic (exact) mass is 1200 g/mol. The molecule has 3 N–H and O–H groups in total. The summed E-state index contributed by atoms with van der Waals surface area (Å²) in [5.41, 5.74) is 21.7. The van der Waals surface area contributed by atoms with E-state index in [0.29, 0.717) is 0 Å². The largest absolute Gasteiger partial charge is 0.481 e. The first-order valence-corrected chi connectivity index (χ1v) is 35.2. The van der Waals surface area contributed by atoms with Gasteiger partial charge < -0.3 is 14.7 Å². The minimum absolute atomic E-state index is 0.275. The second-order valence-corrected chi connectivity index (χ2v) is 27.7. The summed E-state index contributed by atoms with van der Waals surface area (Å²) >= 11 is 0. The predicted molar refractivity (Wildman–Crippen MR) is 370 cm³/mol. The van der Waals surface area contributed by atoms with Crippen molar-refractivity contribution < 1.29 is 32.6 Å². The van der Waals surface area contributed by atoms with Gasteiger partial charge in [0.15, 0.2) is 0 Å². The Balaban J connectivity index is 4.35. The molecule has 9 heteroatoms. The van der Waals surface area contributed by atoms with Crippen LogP contribution in [0.2, 0.25) is 0 Å². The lowest BCUT2D eigenvalue weighted by molar-refractivity contribution is 0.191. The quantitative estimate of drug-likeness (QED) is 0.0411. The lowest BCUT2D eigenvalue weighted by Crippen LogP contribution is -1.94. The molecule has 0 heterocycles. The van der Waals surface area contributed by atoms with Gasteiger partial charge in [-0.1, -0.05) is 175 Å². The van der Waals surface area contributed by atoms with E-state index >= 15 is 0 Å². The number of rotatable bonds is 47. The Bertz CT molecular complexity index is 2470. The van der Waals surface area contributed by atoms with E-state index in [1.165, 1.54) is 97.3 Å². The number of phosphoric ester groups is 1. The van der Waals surface area contributed by atoms with Crippen molar-refractivity contribution in [3.63, 3.8) is 0 Å². The lowest BCUT2D eigenvalue weighted by atomic mass is 10.0. The fourth-order valence-electron chi connectivity index (χ4n) is 9.55. The molecule has 0 aliphatic heterocycles. The van der Waals surface area contributed by atoms with Crippen molar-refractivity contribution in [2.24, 2.45) is 0 Å². The Morgan fingerprint density at radius 3 is 0.536 bits per heavy atom. The molecule has 1 atom stereocenters. The zero-order valence-corrected chi connectivity index (χ0v) is 58.3. The van der Waals surface area contributed by atoms with Crippen molar-refractivity contribution in [1.82, 2.24) is 0 Å². The highest BCUT2D eigenvalue weighted by atomic mass is 31.3. The van der Waals surface area contributed by atoms with Gasteiger partial charge in [-0.05, 0) is 291 Å². The van der Waals surface area contributed by atoms with E-state index in [4.69, 9.17) is 9.79 Å². The van der Waals surface area contributed by atoms with Crippen LogP contribution in [-0.2, 0) is 18.0 Å². The zero-order chi connectivity index (χ0) is 63.2. The minimum Gasteiger partial charge on any atom is -0.302 e. The molecule has 0 radical (unpaired) electrons. The van der Waals surface area contributed by atoms with Crippen molar-refractivity contribution in [3.05, 3.63) is 175 Å². The first kappa shape index (κ1) is 80.4. The van der Waals surface area contributed by atoms with Crippen LogP contribution < -0.4 is 0 Å². The van der Waals surface area contributed by atoms with E-state index in [1.54, 1.807) is 6.08 Å². The third-order valence-electron chi connectivity index (χ3n) is 15.4. The molecular weight excluding hydrogens is 1070 g/mol. The average molecular weight is 1200 g/mol. The van der Waals surface area contributed by atoms with Crippen LogP contribution in [0.25, 0.3) is 0 Å². The van der Waals surface area contributed by atoms with Crippen molar-refractivity contribution in [2.45, 2.75) is 291 Å². The van der Waals surface area contributed by atoms with E-state index in [0.717, 1.165) is 166 Å². The van der Waals surface area contributed by atoms with Crippen LogP contribution in [0.4, 0.5) is 0 Å². The maximum atomic E-state index is 11.6. The second-order valence-electron chi connectivity index (χ2n) is 24.9. The lowest BCUT2D eigenvalue weighted by Gasteiger charge is -2.11. The normalized spacial score (nSPS) is 15.8. The Kier molecular flexibility index (Phi) is 47.2. The highest BCUT2D eigenvalue weighted by molar-refractivity contribution is 7.60. The van der Waals surface area contributed by atoms with E-state index in [-0.39, 0.29) is 6.61 Å². The van der Waals surface area contributed by atoms with E-state index in [9.17, 15) is 14.0 Å². The molecule has 84 heavy (non-hydrogen) atoms. The molecule has 1 unspecified atom stereocenters. The highest BCUT2D eigenvalue weighted by Gasteiger charge is 2.31. The third-order valence-corrected chi connectivity index (χ3v) is 17.5. The summed E-state index contributed by atoms with van der Waals surface area (Å²) in [5.74, 6) is 0. The predicted octanol–water partition coefficient (Wildman–Crippen LogP) is 25.3. The summed E-state index contributed by atoms with van der Waals surface area (Å²) in [6, 6.07) is 0. The van der Waals surface area contributed by atoms with Crippen molar-refractivity contribution >= 4 is 15.6 Å². The Morgan fingerprint density at radius 2 is 0.393 bits per heavy atom. The Morgan fingerprint density at radius 1 is 0.250 bits per heavy atom. The summed E-state index contributed by atoms with van der Waals surface area (Å²) in [6.45, 7) is 35.5. The molecule has 0 aromatic heterocycles. The molecule has 476 valence electrons. The molecule has 0 bridgehead atoms. The van der Waals surface area contributed by atoms with Crippen molar-refractivity contribution in [1.29, 1.82) is 0 Å².